The fourth-order valence-corrected chi connectivity index (χ4v) is 0.328. The summed E-state index contributed by atoms with van der Waals surface area (Å²) >= 11 is 0. The topological polar surface area (TPSA) is 60.7 Å². The van der Waals surface area contributed by atoms with Crippen molar-refractivity contribution in [3.05, 3.63) is 11.8 Å². The smallest absolute Gasteiger partial charge is 0.0807 e. The molecule has 0 aliphatic carbocycles. The molecule has 0 fully saturated rings. The van der Waals surface area contributed by atoms with Crippen LogP contribution in [0.2, 0.25) is 0 Å². The molecule has 0 heterocycles. The second-order valence-electron chi connectivity index (χ2n) is 1.42. The largest absolute Gasteiger partial charge is 0.516 e. The number of hydrogen-bond donors (Lipinski definition) is 3. The average molecular weight is 118 g/mol. The van der Waals surface area contributed by atoms with E-state index < -0.39 is 0 Å². The van der Waals surface area contributed by atoms with Gasteiger partial charge in [-0.3, -0.25) is 0 Å². The first kappa shape index (κ1) is 7.46. The summed E-state index contributed by atoms with van der Waals surface area (Å²) < 4.78 is 0. The molecule has 3 N–H and O–H groups in total. The van der Waals surface area contributed by atoms with Gasteiger partial charge in [-0.05, 0) is 12.0 Å². The molecule has 3 heteroatoms. The minimum absolute atomic E-state index is 0.0348. The van der Waals surface area contributed by atoms with Crippen LogP contribution in [0.4, 0.5) is 0 Å². The van der Waals surface area contributed by atoms with E-state index in [1.54, 1.807) is 0 Å². The van der Waals surface area contributed by atoms with Crippen LogP contribution in [0.3, 0.4) is 0 Å². The van der Waals surface area contributed by atoms with Gasteiger partial charge in [0.05, 0.1) is 12.9 Å². The minimum Gasteiger partial charge on any atom is -0.516 e. The van der Waals surface area contributed by atoms with Crippen LogP contribution >= 0.6 is 0 Å². The van der Waals surface area contributed by atoms with E-state index in [4.69, 9.17) is 15.3 Å². The Balaban J connectivity index is 3.38. The summed E-state index contributed by atoms with van der Waals surface area (Å²) in [6, 6.07) is 0. The van der Waals surface area contributed by atoms with Gasteiger partial charge in [-0.2, -0.15) is 0 Å². The van der Waals surface area contributed by atoms with Gasteiger partial charge in [-0.1, -0.05) is 0 Å². The van der Waals surface area contributed by atoms with Gasteiger partial charge in [0.1, 0.15) is 0 Å². The van der Waals surface area contributed by atoms with Crippen molar-refractivity contribution < 1.29 is 15.3 Å². The van der Waals surface area contributed by atoms with E-state index in [0.29, 0.717) is 12.0 Å². The van der Waals surface area contributed by atoms with Gasteiger partial charge in [0.2, 0.25) is 0 Å². The summed E-state index contributed by atoms with van der Waals surface area (Å²) in [7, 11) is 0. The van der Waals surface area contributed by atoms with E-state index in [2.05, 4.69) is 0 Å². The Morgan fingerprint density at radius 2 is 2.00 bits per heavy atom. The van der Waals surface area contributed by atoms with Crippen LogP contribution in [0.25, 0.3) is 0 Å². The second-order valence-corrected chi connectivity index (χ2v) is 1.42. The van der Waals surface area contributed by atoms with Crippen molar-refractivity contribution >= 4 is 0 Å². The maximum atomic E-state index is 8.32. The number of hydrogen-bond acceptors (Lipinski definition) is 3. The standard InChI is InChI=1S/C5H10O3/c6-2-1-5(3-7)4-8/h3,6-8H,1-2,4H2/b5-3-. The zero-order valence-corrected chi connectivity index (χ0v) is 4.54. The van der Waals surface area contributed by atoms with Crippen LogP contribution in [-0.2, 0) is 0 Å². The van der Waals surface area contributed by atoms with Crippen LogP contribution < -0.4 is 0 Å². The van der Waals surface area contributed by atoms with Crippen LogP contribution in [0.1, 0.15) is 6.42 Å². The van der Waals surface area contributed by atoms with Crippen molar-refractivity contribution in [2.24, 2.45) is 0 Å². The fraction of sp³-hybridized carbons (Fsp3) is 0.600. The van der Waals surface area contributed by atoms with E-state index in [1.165, 1.54) is 0 Å². The zero-order chi connectivity index (χ0) is 6.41. The second kappa shape index (κ2) is 4.61. The Morgan fingerprint density at radius 1 is 1.38 bits per heavy atom. The van der Waals surface area contributed by atoms with Crippen LogP contribution in [0, 0.1) is 0 Å². The quantitative estimate of drug-likeness (QED) is 0.450. The Labute approximate surface area is 47.9 Å². The molecule has 8 heavy (non-hydrogen) atoms. The van der Waals surface area contributed by atoms with Gasteiger partial charge < -0.3 is 15.3 Å². The van der Waals surface area contributed by atoms with E-state index >= 15 is 0 Å². The maximum Gasteiger partial charge on any atom is 0.0807 e. The lowest BCUT2D eigenvalue weighted by Crippen LogP contribution is -1.93. The lowest BCUT2D eigenvalue weighted by atomic mass is 10.2. The van der Waals surface area contributed by atoms with E-state index in [0.717, 1.165) is 6.26 Å². The van der Waals surface area contributed by atoms with E-state index in [9.17, 15) is 0 Å². The van der Waals surface area contributed by atoms with Crippen molar-refractivity contribution in [1.29, 1.82) is 0 Å². The van der Waals surface area contributed by atoms with Gasteiger partial charge >= 0.3 is 0 Å². The summed E-state index contributed by atoms with van der Waals surface area (Å²) in [5, 5.41) is 24.8. The Hall–Kier alpha value is -0.540. The SMILES string of the molecule is O/C=C(\CO)CCO. The van der Waals surface area contributed by atoms with Gasteiger partial charge in [-0.15, -0.1) is 0 Å². The molecule has 0 aromatic heterocycles. The average Bonchev–Trinajstić information content (AvgIpc) is 1.83. The third-order valence-electron chi connectivity index (χ3n) is 0.819. The number of aliphatic hydroxyl groups excluding tert-OH is 3. The summed E-state index contributed by atoms with van der Waals surface area (Å²) in [6.07, 6.45) is 1.16. The third-order valence-corrected chi connectivity index (χ3v) is 0.819. The van der Waals surface area contributed by atoms with Crippen molar-refractivity contribution in [3.63, 3.8) is 0 Å². The zero-order valence-electron chi connectivity index (χ0n) is 4.54. The molecule has 0 radical (unpaired) electrons. The Morgan fingerprint density at radius 3 is 2.12 bits per heavy atom. The summed E-state index contributed by atoms with van der Waals surface area (Å²) in [6.45, 7) is -0.218. The van der Waals surface area contributed by atoms with Crippen LogP contribution in [-0.4, -0.2) is 28.5 Å². The molecule has 0 unspecified atom stereocenters. The molecule has 0 atom stereocenters. The minimum atomic E-state index is -0.183. The highest BCUT2D eigenvalue weighted by Crippen LogP contribution is 1.95. The lowest BCUT2D eigenvalue weighted by molar-refractivity contribution is 0.273. The number of rotatable bonds is 3. The highest BCUT2D eigenvalue weighted by atomic mass is 16.3. The van der Waals surface area contributed by atoms with Crippen LogP contribution in [0.5, 0.6) is 0 Å². The fourth-order valence-electron chi connectivity index (χ4n) is 0.328. The highest BCUT2D eigenvalue weighted by Gasteiger charge is 1.90. The van der Waals surface area contributed by atoms with Gasteiger partial charge in [-0.25, -0.2) is 0 Å². The Kier molecular flexibility index (Phi) is 4.30. The molecule has 0 saturated carbocycles. The summed E-state index contributed by atoms with van der Waals surface area (Å²) in [5.74, 6) is 0. The van der Waals surface area contributed by atoms with Gasteiger partial charge in [0, 0.05) is 6.61 Å². The predicted octanol–water partition coefficient (Wildman–Crippen LogP) is -0.197. The molecule has 0 amide bonds. The molecule has 0 spiro atoms. The number of aliphatic hydroxyl groups is 3. The van der Waals surface area contributed by atoms with Crippen molar-refractivity contribution in [1.82, 2.24) is 0 Å². The molecule has 3 nitrogen and oxygen atoms in total. The molecule has 0 bridgehead atoms. The van der Waals surface area contributed by atoms with Crippen molar-refractivity contribution in [2.45, 2.75) is 6.42 Å². The van der Waals surface area contributed by atoms with Crippen molar-refractivity contribution in [2.75, 3.05) is 13.2 Å². The molecule has 48 valence electrons. The van der Waals surface area contributed by atoms with E-state index in [1.807, 2.05) is 0 Å². The first-order valence-corrected chi connectivity index (χ1v) is 2.39. The molecule has 0 aromatic carbocycles. The monoisotopic (exact) mass is 118 g/mol. The summed E-state index contributed by atoms with van der Waals surface area (Å²) in [5.41, 5.74) is 0.451. The summed E-state index contributed by atoms with van der Waals surface area (Å²) in [4.78, 5) is 0. The van der Waals surface area contributed by atoms with Gasteiger partial charge in [0.15, 0.2) is 0 Å². The molecular formula is C5H10O3. The van der Waals surface area contributed by atoms with Gasteiger partial charge in [0.25, 0.3) is 0 Å². The first-order chi connectivity index (χ1) is 3.85. The third kappa shape index (κ3) is 2.60. The molecule has 0 aliphatic heterocycles. The molecule has 0 saturated heterocycles. The molecule has 0 rings (SSSR count). The van der Waals surface area contributed by atoms with Crippen LogP contribution in [0.15, 0.2) is 11.8 Å². The molecular weight excluding hydrogens is 108 g/mol. The highest BCUT2D eigenvalue weighted by molar-refractivity contribution is 4.96. The first-order valence-electron chi connectivity index (χ1n) is 2.39. The normalized spacial score (nSPS) is 12.0. The van der Waals surface area contributed by atoms with Crippen molar-refractivity contribution in [3.8, 4) is 0 Å². The Bertz CT molecular complexity index is 77.7. The lowest BCUT2D eigenvalue weighted by Gasteiger charge is -1.95. The molecule has 0 aliphatic rings. The maximum absolute atomic E-state index is 8.32. The molecule has 0 aromatic rings. The predicted molar refractivity (Wildman–Crippen MR) is 29.5 cm³/mol. The van der Waals surface area contributed by atoms with E-state index in [-0.39, 0.29) is 13.2 Å².